The number of rotatable bonds is 12. The standard InChI is InChI=1S/C34H40ClF2N9O3/c1-32(2,3)18-34(5,25-9-6-22(7-10-25)24-15-40-45(16-24)29(36)37)42-30(38)44(21-47)28(17-49-31(48)43-33(4)12-13-33)23-8-11-26(35)27(14-23)46-20-39-19-41-46/h6-11,14-16,19-21,28-29H,12-13,17-18H2,1-5H3,(H2,38,42)(H,43,48)/t28-,34-/m1/s1. The van der Waals surface area contributed by atoms with E-state index < -0.39 is 24.2 Å². The molecule has 0 bridgehead atoms. The van der Waals surface area contributed by atoms with Crippen LogP contribution in [-0.4, -0.2) is 60.1 Å². The van der Waals surface area contributed by atoms with E-state index >= 15 is 0 Å². The SMILES string of the molecule is CC(C)(C)C[C@@](C)(N=C(N)N(C=O)[C@H](COC(=O)NC1(C)CC1)c1ccc(Cl)c(-n2cncn2)c1)c1ccc(-c2cnn(C(F)F)c2)cc1. The average molecular weight is 696 g/mol. The number of nitrogens with two attached hydrogens (primary N) is 1. The number of carbonyl (C=O) groups excluding carboxylic acids is 2. The largest absolute Gasteiger partial charge is 0.447 e. The molecule has 0 saturated heterocycles. The van der Waals surface area contributed by atoms with Gasteiger partial charge in [0.2, 0.25) is 6.41 Å². The molecule has 1 saturated carbocycles. The highest BCUT2D eigenvalue weighted by molar-refractivity contribution is 6.32. The number of benzene rings is 2. The van der Waals surface area contributed by atoms with Crippen LogP contribution >= 0.6 is 11.6 Å². The minimum atomic E-state index is -2.74. The number of ether oxygens (including phenoxy) is 1. The Kier molecular flexibility index (Phi) is 10.1. The number of halogens is 3. The number of alkyl halides is 2. The van der Waals surface area contributed by atoms with Crippen LogP contribution in [0.25, 0.3) is 16.8 Å². The predicted octanol–water partition coefficient (Wildman–Crippen LogP) is 6.62. The Morgan fingerprint density at radius 3 is 2.45 bits per heavy atom. The average Bonchev–Trinajstić information content (AvgIpc) is 3.42. The van der Waals surface area contributed by atoms with E-state index in [9.17, 15) is 18.4 Å². The second-order valence-corrected chi connectivity index (χ2v) is 14.3. The van der Waals surface area contributed by atoms with E-state index in [1.807, 2.05) is 26.0 Å². The Hall–Kier alpha value is -4.85. The Morgan fingerprint density at radius 2 is 1.88 bits per heavy atom. The Morgan fingerprint density at radius 1 is 1.16 bits per heavy atom. The lowest BCUT2D eigenvalue weighted by molar-refractivity contribution is -0.117. The van der Waals surface area contributed by atoms with E-state index in [1.54, 1.807) is 30.3 Å². The van der Waals surface area contributed by atoms with E-state index in [2.05, 4.69) is 41.3 Å². The molecule has 4 aromatic rings. The number of hydrogen-bond acceptors (Lipinski definition) is 7. The zero-order valence-electron chi connectivity index (χ0n) is 28.0. The van der Waals surface area contributed by atoms with Gasteiger partial charge in [0.25, 0.3) is 0 Å². The molecule has 15 heteroatoms. The molecule has 0 radical (unpaired) electrons. The number of aromatic nitrogens is 5. The van der Waals surface area contributed by atoms with Crippen molar-refractivity contribution >= 4 is 30.1 Å². The van der Waals surface area contributed by atoms with E-state index in [1.165, 1.54) is 34.6 Å². The highest BCUT2D eigenvalue weighted by atomic mass is 35.5. The summed E-state index contributed by atoms with van der Waals surface area (Å²) < 4.78 is 34.0. The lowest BCUT2D eigenvalue weighted by Gasteiger charge is -2.35. The van der Waals surface area contributed by atoms with Crippen LogP contribution in [0.5, 0.6) is 0 Å². The smallest absolute Gasteiger partial charge is 0.407 e. The van der Waals surface area contributed by atoms with Crippen LogP contribution < -0.4 is 11.1 Å². The molecule has 12 nitrogen and oxygen atoms in total. The van der Waals surface area contributed by atoms with Crippen molar-refractivity contribution < 1.29 is 23.1 Å². The third-order valence-electron chi connectivity index (χ3n) is 8.39. The van der Waals surface area contributed by atoms with Crippen LogP contribution in [0.1, 0.15) is 77.6 Å². The third-order valence-corrected chi connectivity index (χ3v) is 8.71. The monoisotopic (exact) mass is 695 g/mol. The van der Waals surface area contributed by atoms with Gasteiger partial charge in [-0.2, -0.15) is 19.0 Å². The molecule has 3 N–H and O–H groups in total. The number of carbonyl (C=O) groups is 2. The van der Waals surface area contributed by atoms with Gasteiger partial charge < -0.3 is 15.8 Å². The molecule has 1 aliphatic carbocycles. The fraction of sp³-hybridized carbons (Fsp3) is 0.412. The van der Waals surface area contributed by atoms with Gasteiger partial charge in [-0.25, -0.2) is 24.1 Å². The third kappa shape index (κ3) is 8.60. The minimum absolute atomic E-state index is 0.107. The summed E-state index contributed by atoms with van der Waals surface area (Å²) >= 11 is 6.50. The molecule has 2 aromatic carbocycles. The van der Waals surface area contributed by atoms with E-state index in [0.29, 0.717) is 44.9 Å². The second-order valence-electron chi connectivity index (χ2n) is 13.9. The Bertz CT molecular complexity index is 1800. The number of guanidine groups is 1. The van der Waals surface area contributed by atoms with Crippen molar-refractivity contribution in [3.8, 4) is 16.8 Å². The van der Waals surface area contributed by atoms with Crippen molar-refractivity contribution in [2.75, 3.05) is 6.61 Å². The lowest BCUT2D eigenvalue weighted by atomic mass is 9.77. The highest BCUT2D eigenvalue weighted by Crippen LogP contribution is 2.39. The number of nitrogens with one attached hydrogen (secondary N) is 1. The molecule has 2 atom stereocenters. The highest BCUT2D eigenvalue weighted by Gasteiger charge is 2.40. The van der Waals surface area contributed by atoms with Gasteiger partial charge in [-0.3, -0.25) is 9.69 Å². The molecule has 260 valence electrons. The molecule has 0 aliphatic heterocycles. The first-order chi connectivity index (χ1) is 23.1. The quantitative estimate of drug-likeness (QED) is 0.0962. The van der Waals surface area contributed by atoms with Gasteiger partial charge in [0.1, 0.15) is 19.3 Å². The van der Waals surface area contributed by atoms with Gasteiger partial charge in [0.15, 0.2) is 5.96 Å². The van der Waals surface area contributed by atoms with E-state index in [-0.39, 0.29) is 23.5 Å². The zero-order valence-corrected chi connectivity index (χ0v) is 28.7. The summed E-state index contributed by atoms with van der Waals surface area (Å²) in [5.41, 5.74) is 8.27. The first-order valence-electron chi connectivity index (χ1n) is 15.7. The molecular weight excluding hydrogens is 656 g/mol. The molecule has 1 fully saturated rings. The lowest BCUT2D eigenvalue weighted by Crippen LogP contribution is -2.44. The van der Waals surface area contributed by atoms with Crippen molar-refractivity contribution in [2.45, 2.75) is 77.6 Å². The maximum atomic E-state index is 13.1. The number of aliphatic imine (C=N–C) groups is 1. The molecular formula is C34H40ClF2N9O3. The molecule has 0 unspecified atom stereocenters. The summed E-state index contributed by atoms with van der Waals surface area (Å²) in [6.07, 6.45) is 7.67. The number of amides is 2. The van der Waals surface area contributed by atoms with Gasteiger partial charge in [-0.05, 0) is 67.3 Å². The maximum absolute atomic E-state index is 13.1. The van der Waals surface area contributed by atoms with Crippen LogP contribution in [-0.2, 0) is 15.1 Å². The summed E-state index contributed by atoms with van der Waals surface area (Å²) in [5, 5.41) is 11.2. The minimum Gasteiger partial charge on any atom is -0.447 e. The van der Waals surface area contributed by atoms with Crippen LogP contribution in [0, 0.1) is 5.41 Å². The molecule has 49 heavy (non-hydrogen) atoms. The maximum Gasteiger partial charge on any atom is 0.407 e. The molecule has 1 aliphatic rings. The first-order valence-corrected chi connectivity index (χ1v) is 16.1. The van der Waals surface area contributed by atoms with Crippen molar-refractivity contribution in [1.29, 1.82) is 0 Å². The zero-order chi connectivity index (χ0) is 35.6. The second kappa shape index (κ2) is 13.9. The summed E-state index contributed by atoms with van der Waals surface area (Å²) in [6.45, 7) is 7.05. The molecule has 2 heterocycles. The Balaban J connectivity index is 1.51. The summed E-state index contributed by atoms with van der Waals surface area (Å²) in [6, 6.07) is 11.5. The fourth-order valence-corrected chi connectivity index (χ4v) is 5.99. The predicted molar refractivity (Wildman–Crippen MR) is 181 cm³/mol. The van der Waals surface area contributed by atoms with Crippen LogP contribution in [0.4, 0.5) is 13.6 Å². The van der Waals surface area contributed by atoms with Gasteiger partial charge in [-0.1, -0.05) is 62.7 Å². The van der Waals surface area contributed by atoms with Crippen LogP contribution in [0.2, 0.25) is 5.02 Å². The Labute approximate surface area is 288 Å². The fourth-order valence-electron chi connectivity index (χ4n) is 5.78. The number of alkyl carbamates (subject to hydrolysis) is 1. The first kappa shape index (κ1) is 35.5. The molecule has 0 spiro atoms. The molecule has 2 aromatic heterocycles. The van der Waals surface area contributed by atoms with E-state index in [4.69, 9.17) is 27.1 Å². The molecule has 5 rings (SSSR count). The van der Waals surface area contributed by atoms with Crippen molar-refractivity contribution in [1.82, 2.24) is 34.8 Å². The van der Waals surface area contributed by atoms with Gasteiger partial charge in [0, 0.05) is 17.3 Å². The van der Waals surface area contributed by atoms with Gasteiger partial charge in [-0.15, -0.1) is 0 Å². The van der Waals surface area contributed by atoms with Crippen LogP contribution in [0.15, 0.2) is 72.5 Å². The van der Waals surface area contributed by atoms with Gasteiger partial charge >= 0.3 is 12.6 Å². The van der Waals surface area contributed by atoms with Crippen molar-refractivity contribution in [2.24, 2.45) is 16.1 Å². The number of hydrogen-bond donors (Lipinski definition) is 2. The van der Waals surface area contributed by atoms with Crippen LogP contribution in [0.3, 0.4) is 0 Å². The normalized spacial score (nSPS) is 16.1. The number of nitrogens with zero attached hydrogens (tertiary/aromatic N) is 7. The summed E-state index contributed by atoms with van der Waals surface area (Å²) in [7, 11) is 0. The molecule has 2 amide bonds. The summed E-state index contributed by atoms with van der Waals surface area (Å²) in [4.78, 5) is 35.8. The van der Waals surface area contributed by atoms with Crippen molar-refractivity contribution in [3.63, 3.8) is 0 Å². The van der Waals surface area contributed by atoms with E-state index in [0.717, 1.165) is 18.4 Å². The summed E-state index contributed by atoms with van der Waals surface area (Å²) in [5.74, 6) is -0.107. The topological polar surface area (TPSA) is 146 Å². The van der Waals surface area contributed by atoms with Crippen molar-refractivity contribution in [3.05, 3.63) is 83.7 Å². The van der Waals surface area contributed by atoms with Gasteiger partial charge in [0.05, 0.1) is 28.5 Å².